The van der Waals surface area contributed by atoms with Crippen molar-refractivity contribution in [2.75, 3.05) is 13.6 Å². The van der Waals surface area contributed by atoms with Crippen molar-refractivity contribution >= 4 is 17.2 Å². The highest BCUT2D eigenvalue weighted by atomic mass is 32.1. The quantitative estimate of drug-likeness (QED) is 0.845. The number of likely N-dealkylation sites (N-methyl/N-ethyl adjacent to an activating group) is 1. The van der Waals surface area contributed by atoms with E-state index in [0.29, 0.717) is 12.3 Å². The van der Waals surface area contributed by atoms with E-state index in [0.717, 1.165) is 31.5 Å². The molecule has 3 rings (SSSR count). The molecule has 1 amide bonds. The summed E-state index contributed by atoms with van der Waals surface area (Å²) < 4.78 is 0. The fourth-order valence-corrected chi connectivity index (χ4v) is 3.95. The third kappa shape index (κ3) is 3.22. The summed E-state index contributed by atoms with van der Waals surface area (Å²) in [7, 11) is 1.92. The largest absolute Gasteiger partial charge is 0.345 e. The maximum absolute atomic E-state index is 12.5. The van der Waals surface area contributed by atoms with Gasteiger partial charge in [-0.1, -0.05) is 24.3 Å². The van der Waals surface area contributed by atoms with Crippen LogP contribution in [-0.2, 0) is 17.6 Å². The van der Waals surface area contributed by atoms with E-state index >= 15 is 0 Å². The van der Waals surface area contributed by atoms with E-state index in [4.69, 9.17) is 0 Å². The van der Waals surface area contributed by atoms with Crippen LogP contribution in [0.4, 0.5) is 0 Å². The molecule has 22 heavy (non-hydrogen) atoms. The number of aryl methyl sites for hydroxylation is 2. The molecule has 4 heteroatoms. The van der Waals surface area contributed by atoms with Crippen LogP contribution < -0.4 is 0 Å². The van der Waals surface area contributed by atoms with Crippen LogP contribution in [-0.4, -0.2) is 29.4 Å². The first-order valence-electron chi connectivity index (χ1n) is 7.86. The van der Waals surface area contributed by atoms with Crippen molar-refractivity contribution in [1.82, 2.24) is 9.88 Å². The van der Waals surface area contributed by atoms with Gasteiger partial charge in [0.05, 0.1) is 11.2 Å². The zero-order valence-corrected chi connectivity index (χ0v) is 14.0. The highest BCUT2D eigenvalue weighted by Gasteiger charge is 2.25. The van der Waals surface area contributed by atoms with Gasteiger partial charge in [-0.2, -0.15) is 0 Å². The lowest BCUT2D eigenvalue weighted by molar-refractivity contribution is -0.130. The molecule has 1 heterocycles. The first-order chi connectivity index (χ1) is 10.6. The van der Waals surface area contributed by atoms with Crippen LogP contribution in [0.3, 0.4) is 0 Å². The molecule has 1 aromatic heterocycles. The Balaban J connectivity index is 1.55. The highest BCUT2D eigenvalue weighted by molar-refractivity contribution is 7.09. The monoisotopic (exact) mass is 314 g/mol. The predicted octanol–water partition coefficient (Wildman–Crippen LogP) is 3.57. The molecule has 1 aliphatic carbocycles. The van der Waals surface area contributed by atoms with Gasteiger partial charge in [0.15, 0.2) is 0 Å². The molecule has 1 aromatic carbocycles. The maximum atomic E-state index is 12.5. The summed E-state index contributed by atoms with van der Waals surface area (Å²) in [6.45, 7) is 2.80. The molecule has 0 bridgehead atoms. The van der Waals surface area contributed by atoms with Gasteiger partial charge in [0.25, 0.3) is 0 Å². The van der Waals surface area contributed by atoms with Gasteiger partial charge in [-0.3, -0.25) is 4.79 Å². The zero-order valence-electron chi connectivity index (χ0n) is 13.2. The Morgan fingerprint density at radius 2 is 2.23 bits per heavy atom. The fourth-order valence-electron chi connectivity index (χ4n) is 3.18. The number of fused-ring (bicyclic) bond motifs is 1. The molecule has 0 saturated heterocycles. The number of rotatable bonds is 5. The van der Waals surface area contributed by atoms with Crippen molar-refractivity contribution in [2.24, 2.45) is 0 Å². The van der Waals surface area contributed by atoms with Gasteiger partial charge in [-0.05, 0) is 36.8 Å². The van der Waals surface area contributed by atoms with Crippen LogP contribution in [0, 0.1) is 6.92 Å². The summed E-state index contributed by atoms with van der Waals surface area (Å²) in [6, 6.07) is 8.54. The molecule has 2 aromatic rings. The second-order valence-corrected chi connectivity index (χ2v) is 7.00. The SMILES string of the molecule is Cc1ncsc1CCN(C)C(=O)C[C@@H]1CCc2ccccc21. The normalized spacial score (nSPS) is 16.5. The summed E-state index contributed by atoms with van der Waals surface area (Å²) >= 11 is 1.68. The number of carbonyl (C=O) groups excluding carboxylic acids is 1. The molecule has 0 unspecified atom stereocenters. The average Bonchev–Trinajstić information content (AvgIpc) is 3.12. The van der Waals surface area contributed by atoms with Gasteiger partial charge in [0.2, 0.25) is 5.91 Å². The summed E-state index contributed by atoms with van der Waals surface area (Å²) in [5.41, 5.74) is 5.77. The number of thiazole rings is 1. The average molecular weight is 314 g/mol. The maximum Gasteiger partial charge on any atom is 0.222 e. The molecule has 0 radical (unpaired) electrons. The van der Waals surface area contributed by atoms with Gasteiger partial charge in [-0.15, -0.1) is 11.3 Å². The number of carbonyl (C=O) groups is 1. The van der Waals surface area contributed by atoms with Gasteiger partial charge in [0.1, 0.15) is 0 Å². The Bertz CT molecular complexity index is 665. The molecule has 1 atom stereocenters. The first-order valence-corrected chi connectivity index (χ1v) is 8.74. The van der Waals surface area contributed by atoms with Crippen molar-refractivity contribution < 1.29 is 4.79 Å². The van der Waals surface area contributed by atoms with E-state index in [1.54, 1.807) is 11.3 Å². The third-order valence-corrected chi connectivity index (χ3v) is 5.62. The summed E-state index contributed by atoms with van der Waals surface area (Å²) in [6.07, 6.45) is 3.75. The summed E-state index contributed by atoms with van der Waals surface area (Å²) in [5, 5.41) is 0. The molecule has 0 saturated carbocycles. The van der Waals surface area contributed by atoms with E-state index in [9.17, 15) is 4.79 Å². The van der Waals surface area contributed by atoms with Crippen molar-refractivity contribution in [3.8, 4) is 0 Å². The van der Waals surface area contributed by atoms with Crippen molar-refractivity contribution in [2.45, 2.75) is 38.5 Å². The van der Waals surface area contributed by atoms with E-state index in [1.807, 2.05) is 24.4 Å². The molecule has 0 fully saturated rings. The Hall–Kier alpha value is -1.68. The molecule has 116 valence electrons. The third-order valence-electron chi connectivity index (χ3n) is 4.62. The van der Waals surface area contributed by atoms with Crippen LogP contribution in [0.15, 0.2) is 29.8 Å². The predicted molar refractivity (Wildman–Crippen MR) is 90.3 cm³/mol. The minimum absolute atomic E-state index is 0.254. The minimum Gasteiger partial charge on any atom is -0.345 e. The molecule has 1 aliphatic rings. The number of amides is 1. The molecule has 0 aliphatic heterocycles. The second kappa shape index (κ2) is 6.61. The Morgan fingerprint density at radius 1 is 1.41 bits per heavy atom. The lowest BCUT2D eigenvalue weighted by atomic mass is 9.97. The van der Waals surface area contributed by atoms with E-state index in [2.05, 4.69) is 29.2 Å². The number of hydrogen-bond acceptors (Lipinski definition) is 3. The van der Waals surface area contributed by atoms with Crippen molar-refractivity contribution in [3.63, 3.8) is 0 Å². The fraction of sp³-hybridized carbons (Fsp3) is 0.444. The van der Waals surface area contributed by atoms with Crippen LogP contribution in [0.1, 0.15) is 40.5 Å². The highest BCUT2D eigenvalue weighted by Crippen LogP contribution is 2.35. The lowest BCUT2D eigenvalue weighted by Crippen LogP contribution is -2.29. The van der Waals surface area contributed by atoms with Crippen LogP contribution in [0.5, 0.6) is 0 Å². The van der Waals surface area contributed by atoms with Crippen molar-refractivity contribution in [1.29, 1.82) is 0 Å². The van der Waals surface area contributed by atoms with E-state index in [-0.39, 0.29) is 5.91 Å². The zero-order chi connectivity index (χ0) is 15.5. The molecular weight excluding hydrogens is 292 g/mol. The number of benzene rings is 1. The summed E-state index contributed by atoms with van der Waals surface area (Å²) in [5.74, 6) is 0.653. The van der Waals surface area contributed by atoms with E-state index in [1.165, 1.54) is 16.0 Å². The smallest absolute Gasteiger partial charge is 0.222 e. The molecule has 0 N–H and O–H groups in total. The van der Waals surface area contributed by atoms with Crippen LogP contribution >= 0.6 is 11.3 Å². The number of hydrogen-bond donors (Lipinski definition) is 0. The number of nitrogens with zero attached hydrogens (tertiary/aromatic N) is 2. The Labute approximate surface area is 136 Å². The molecule has 0 spiro atoms. The van der Waals surface area contributed by atoms with Crippen LogP contribution in [0.2, 0.25) is 0 Å². The Kier molecular flexibility index (Phi) is 4.57. The Morgan fingerprint density at radius 3 is 3.00 bits per heavy atom. The van der Waals surface area contributed by atoms with Crippen molar-refractivity contribution in [3.05, 3.63) is 51.5 Å². The van der Waals surface area contributed by atoms with Gasteiger partial charge in [0, 0.05) is 31.3 Å². The topological polar surface area (TPSA) is 33.2 Å². The van der Waals surface area contributed by atoms with E-state index < -0.39 is 0 Å². The van der Waals surface area contributed by atoms with Crippen LogP contribution in [0.25, 0.3) is 0 Å². The van der Waals surface area contributed by atoms with Gasteiger partial charge >= 0.3 is 0 Å². The standard InChI is InChI=1S/C18H22N2OS/c1-13-17(22-12-19-13)9-10-20(2)18(21)11-15-8-7-14-5-3-4-6-16(14)15/h3-6,12,15H,7-11H2,1-2H3/t15-/m0/s1. The first kappa shape index (κ1) is 15.2. The lowest BCUT2D eigenvalue weighted by Gasteiger charge is -2.19. The summed E-state index contributed by atoms with van der Waals surface area (Å²) in [4.78, 5) is 19.9. The molecular formula is C18H22N2OS. The number of aromatic nitrogens is 1. The second-order valence-electron chi connectivity index (χ2n) is 6.06. The van der Waals surface area contributed by atoms with Gasteiger partial charge in [-0.25, -0.2) is 4.98 Å². The molecule has 3 nitrogen and oxygen atoms in total. The van der Waals surface area contributed by atoms with Gasteiger partial charge < -0.3 is 4.90 Å². The minimum atomic E-state index is 0.254.